The molecule has 0 unspecified atom stereocenters. The van der Waals surface area contributed by atoms with E-state index in [1.54, 1.807) is 0 Å². The number of carboxylic acid groups (broad SMARTS) is 1. The third-order valence-corrected chi connectivity index (χ3v) is 3.23. The molecule has 3 nitrogen and oxygen atoms in total. The number of ether oxygens (including phenoxy) is 1. The molecule has 0 bridgehead atoms. The van der Waals surface area contributed by atoms with Gasteiger partial charge in [0.25, 0.3) is 0 Å². The Hall–Kier alpha value is -1.24. The van der Waals surface area contributed by atoms with Crippen LogP contribution in [-0.2, 0) is 17.4 Å². The van der Waals surface area contributed by atoms with Crippen LogP contribution in [0.25, 0.3) is 0 Å². The number of hydrogen-bond donors (Lipinski definition) is 1. The van der Waals surface area contributed by atoms with Gasteiger partial charge in [-0.15, -0.1) is 0 Å². The first-order chi connectivity index (χ1) is 8.75. The molecule has 106 valence electrons. The quantitative estimate of drug-likeness (QED) is 0.884. The number of carbonyl (C=O) groups is 1. The van der Waals surface area contributed by atoms with E-state index >= 15 is 0 Å². The number of carboxylic acids is 1. The van der Waals surface area contributed by atoms with Crippen LogP contribution in [0, 0.1) is 0 Å². The molecule has 0 aliphatic rings. The highest BCUT2D eigenvalue weighted by atomic mass is 79.9. The molecule has 0 spiro atoms. The van der Waals surface area contributed by atoms with Crippen LogP contribution in [0.5, 0.6) is 5.75 Å². The highest BCUT2D eigenvalue weighted by Crippen LogP contribution is 2.37. The van der Waals surface area contributed by atoms with Crippen molar-refractivity contribution in [2.45, 2.75) is 25.4 Å². The van der Waals surface area contributed by atoms with E-state index in [1.165, 1.54) is 7.11 Å². The van der Waals surface area contributed by atoms with Gasteiger partial charge in [-0.05, 0) is 25.0 Å². The van der Waals surface area contributed by atoms with Crippen molar-refractivity contribution < 1.29 is 27.8 Å². The molecule has 0 amide bonds. The Kier molecular flexibility index (Phi) is 5.22. The summed E-state index contributed by atoms with van der Waals surface area (Å²) in [6.45, 7) is 0. The Morgan fingerprint density at radius 2 is 2.05 bits per heavy atom. The third-order valence-electron chi connectivity index (χ3n) is 2.52. The van der Waals surface area contributed by atoms with Crippen molar-refractivity contribution in [1.29, 1.82) is 0 Å². The highest BCUT2D eigenvalue weighted by molar-refractivity contribution is 9.10. The molecule has 7 heteroatoms. The summed E-state index contributed by atoms with van der Waals surface area (Å²) in [5, 5.41) is 8.55. The van der Waals surface area contributed by atoms with E-state index in [9.17, 15) is 18.0 Å². The van der Waals surface area contributed by atoms with Gasteiger partial charge in [0.15, 0.2) is 0 Å². The molecule has 0 radical (unpaired) electrons. The first-order valence-electron chi connectivity index (χ1n) is 5.41. The lowest BCUT2D eigenvalue weighted by molar-refractivity contribution is -0.138. The minimum absolute atomic E-state index is 0.0450. The summed E-state index contributed by atoms with van der Waals surface area (Å²) in [6.07, 6.45) is -3.84. The lowest BCUT2D eigenvalue weighted by Crippen LogP contribution is -2.07. The Morgan fingerprint density at radius 3 is 2.53 bits per heavy atom. The predicted molar refractivity (Wildman–Crippen MR) is 66.3 cm³/mol. The lowest BCUT2D eigenvalue weighted by atomic mass is 10.0. The molecule has 0 saturated carbocycles. The van der Waals surface area contributed by atoms with Gasteiger partial charge in [0.05, 0.1) is 12.7 Å². The van der Waals surface area contributed by atoms with E-state index < -0.39 is 17.7 Å². The summed E-state index contributed by atoms with van der Waals surface area (Å²) in [7, 11) is 1.28. The smallest absolute Gasteiger partial charge is 0.416 e. The van der Waals surface area contributed by atoms with Crippen molar-refractivity contribution in [3.63, 3.8) is 0 Å². The molecule has 0 aliphatic heterocycles. The standard InChI is InChI=1S/C12H12BrF3O3/c1-19-10-6-7(12(14,15)16)5-9(13)8(10)3-2-4-11(17)18/h5-6H,2-4H2,1H3,(H,17,18). The van der Waals surface area contributed by atoms with Crippen LogP contribution in [-0.4, -0.2) is 18.2 Å². The average molecular weight is 341 g/mol. The first-order valence-corrected chi connectivity index (χ1v) is 6.20. The summed E-state index contributed by atoms with van der Waals surface area (Å²) in [6, 6.07) is 1.89. The van der Waals surface area contributed by atoms with Gasteiger partial charge in [-0.2, -0.15) is 13.2 Å². The Bertz CT molecular complexity index is 472. The third kappa shape index (κ3) is 4.41. The summed E-state index contributed by atoms with van der Waals surface area (Å²) < 4.78 is 43.1. The molecule has 1 N–H and O–H groups in total. The lowest BCUT2D eigenvalue weighted by Gasteiger charge is -2.14. The Balaban J connectivity index is 3.02. The number of aliphatic carboxylic acids is 1. The molecule has 1 rings (SSSR count). The van der Waals surface area contributed by atoms with Gasteiger partial charge in [-0.25, -0.2) is 0 Å². The van der Waals surface area contributed by atoms with E-state index in [2.05, 4.69) is 15.9 Å². The van der Waals surface area contributed by atoms with Crippen molar-refractivity contribution in [2.75, 3.05) is 7.11 Å². The van der Waals surface area contributed by atoms with Gasteiger partial charge in [0.2, 0.25) is 0 Å². The molecule has 0 aromatic heterocycles. The second-order valence-corrected chi connectivity index (χ2v) is 4.74. The van der Waals surface area contributed by atoms with E-state index in [0.717, 1.165) is 12.1 Å². The fourth-order valence-corrected chi connectivity index (χ4v) is 2.26. The van der Waals surface area contributed by atoms with E-state index in [-0.39, 0.29) is 16.6 Å². The molecular weight excluding hydrogens is 329 g/mol. The van der Waals surface area contributed by atoms with Gasteiger partial charge in [0, 0.05) is 16.5 Å². The zero-order valence-corrected chi connectivity index (χ0v) is 11.6. The molecule has 0 aliphatic carbocycles. The number of hydrogen-bond acceptors (Lipinski definition) is 2. The second kappa shape index (κ2) is 6.27. The Morgan fingerprint density at radius 1 is 1.42 bits per heavy atom. The van der Waals surface area contributed by atoms with Crippen LogP contribution in [0.4, 0.5) is 13.2 Å². The van der Waals surface area contributed by atoms with Gasteiger partial charge < -0.3 is 9.84 Å². The summed E-state index contributed by atoms with van der Waals surface area (Å²) in [5.41, 5.74) is -0.269. The monoisotopic (exact) mass is 340 g/mol. The van der Waals surface area contributed by atoms with E-state index in [4.69, 9.17) is 9.84 Å². The normalized spacial score (nSPS) is 11.4. The first kappa shape index (κ1) is 15.8. The van der Waals surface area contributed by atoms with Gasteiger partial charge in [-0.3, -0.25) is 4.79 Å². The number of methoxy groups -OCH3 is 1. The maximum absolute atomic E-state index is 12.6. The molecule has 1 aromatic rings. The second-order valence-electron chi connectivity index (χ2n) is 3.88. The van der Waals surface area contributed by atoms with Gasteiger partial charge >= 0.3 is 12.1 Å². The van der Waals surface area contributed by atoms with Gasteiger partial charge in [0.1, 0.15) is 5.75 Å². The number of alkyl halides is 3. The van der Waals surface area contributed by atoms with Crippen molar-refractivity contribution in [3.05, 3.63) is 27.7 Å². The fraction of sp³-hybridized carbons (Fsp3) is 0.417. The molecule has 0 saturated heterocycles. The SMILES string of the molecule is COc1cc(C(F)(F)F)cc(Br)c1CCCC(=O)O. The molecule has 19 heavy (non-hydrogen) atoms. The van der Waals surface area contributed by atoms with Crippen LogP contribution >= 0.6 is 15.9 Å². The predicted octanol–water partition coefficient (Wildman–Crippen LogP) is 3.88. The minimum atomic E-state index is -4.45. The van der Waals surface area contributed by atoms with Crippen molar-refractivity contribution >= 4 is 21.9 Å². The van der Waals surface area contributed by atoms with Gasteiger partial charge in [-0.1, -0.05) is 15.9 Å². The zero-order chi connectivity index (χ0) is 14.6. The fourth-order valence-electron chi connectivity index (χ4n) is 1.62. The topological polar surface area (TPSA) is 46.5 Å². The number of halogens is 4. The summed E-state index contributed by atoms with van der Waals surface area (Å²) in [5.74, 6) is -0.839. The maximum atomic E-state index is 12.6. The van der Waals surface area contributed by atoms with E-state index in [1.807, 2.05) is 0 Å². The van der Waals surface area contributed by atoms with Crippen LogP contribution in [0.3, 0.4) is 0 Å². The van der Waals surface area contributed by atoms with Crippen molar-refractivity contribution in [1.82, 2.24) is 0 Å². The minimum Gasteiger partial charge on any atom is -0.496 e. The largest absolute Gasteiger partial charge is 0.496 e. The Labute approximate surface area is 116 Å². The van der Waals surface area contributed by atoms with Crippen LogP contribution in [0.1, 0.15) is 24.0 Å². The number of rotatable bonds is 5. The molecule has 0 heterocycles. The number of benzene rings is 1. The molecule has 1 aromatic carbocycles. The summed E-state index contributed by atoms with van der Waals surface area (Å²) in [4.78, 5) is 10.4. The molecule has 0 fully saturated rings. The van der Waals surface area contributed by atoms with Crippen LogP contribution in [0.15, 0.2) is 16.6 Å². The molecular formula is C12H12BrF3O3. The zero-order valence-electron chi connectivity index (χ0n) is 10.1. The summed E-state index contributed by atoms with van der Waals surface area (Å²) >= 11 is 3.07. The van der Waals surface area contributed by atoms with E-state index in [0.29, 0.717) is 18.4 Å². The van der Waals surface area contributed by atoms with Crippen LogP contribution in [0.2, 0.25) is 0 Å². The average Bonchev–Trinajstić information content (AvgIpc) is 2.28. The molecule has 0 atom stereocenters. The van der Waals surface area contributed by atoms with Crippen LogP contribution < -0.4 is 4.74 Å². The van der Waals surface area contributed by atoms with Crippen molar-refractivity contribution in [3.8, 4) is 5.75 Å². The van der Waals surface area contributed by atoms with Crippen molar-refractivity contribution in [2.24, 2.45) is 0 Å². The maximum Gasteiger partial charge on any atom is 0.416 e. The highest BCUT2D eigenvalue weighted by Gasteiger charge is 2.32.